The van der Waals surface area contributed by atoms with Gasteiger partial charge in [-0.2, -0.15) is 0 Å². The van der Waals surface area contributed by atoms with Crippen LogP contribution in [-0.4, -0.2) is 24.0 Å². The minimum absolute atomic E-state index is 0.0510. The lowest BCUT2D eigenvalue weighted by molar-refractivity contribution is -0.140. The van der Waals surface area contributed by atoms with Crippen LogP contribution in [0.1, 0.15) is 33.5 Å². The zero-order chi connectivity index (χ0) is 20.6. The van der Waals surface area contributed by atoms with Gasteiger partial charge in [-0.15, -0.1) is 0 Å². The first-order valence-corrected chi connectivity index (χ1v) is 9.27. The molecule has 0 aliphatic rings. The third-order valence-corrected chi connectivity index (χ3v) is 4.53. The minimum atomic E-state index is -0.368. The highest BCUT2D eigenvalue weighted by molar-refractivity contribution is 6.09. The number of phenols is 1. The Hall–Kier alpha value is -3.60. The Labute approximate surface area is 169 Å². The third kappa shape index (κ3) is 5.45. The van der Waals surface area contributed by atoms with Crippen molar-refractivity contribution in [2.45, 2.75) is 19.4 Å². The van der Waals surface area contributed by atoms with Gasteiger partial charge in [0.25, 0.3) is 0 Å². The van der Waals surface area contributed by atoms with Crippen LogP contribution in [0.15, 0.2) is 72.8 Å². The maximum absolute atomic E-state index is 12.8. The minimum Gasteiger partial charge on any atom is -0.508 e. The number of ketones is 1. The molecule has 0 amide bonds. The highest BCUT2D eigenvalue weighted by Crippen LogP contribution is 2.23. The molecule has 0 radical (unpaired) electrons. The molecule has 1 N–H and O–H groups in total. The second-order valence-electron chi connectivity index (χ2n) is 6.55. The molecule has 5 heteroatoms. The molecule has 3 aromatic carbocycles. The summed E-state index contributed by atoms with van der Waals surface area (Å²) in [7, 11) is 1.31. The van der Waals surface area contributed by atoms with E-state index in [2.05, 4.69) is 4.74 Å². The summed E-state index contributed by atoms with van der Waals surface area (Å²) < 4.78 is 10.4. The number of ether oxygens (including phenoxy) is 2. The second-order valence-corrected chi connectivity index (χ2v) is 6.55. The van der Waals surface area contributed by atoms with Gasteiger partial charge < -0.3 is 14.6 Å². The van der Waals surface area contributed by atoms with E-state index in [0.29, 0.717) is 35.5 Å². The number of esters is 1. The summed E-state index contributed by atoms with van der Waals surface area (Å²) in [5.41, 5.74) is 2.56. The van der Waals surface area contributed by atoms with Gasteiger partial charge in [0.2, 0.25) is 0 Å². The molecule has 0 saturated carbocycles. The molecule has 0 saturated heterocycles. The van der Waals surface area contributed by atoms with Crippen LogP contribution in [0.2, 0.25) is 0 Å². The highest BCUT2D eigenvalue weighted by Gasteiger charge is 2.13. The SMILES string of the molecule is COC(=O)CCc1cc(C(=O)c2ccc(OCc3ccccc3)cc2)ccc1O. The summed E-state index contributed by atoms with van der Waals surface area (Å²) in [6.07, 6.45) is 0.432. The van der Waals surface area contributed by atoms with E-state index in [-0.39, 0.29) is 23.9 Å². The van der Waals surface area contributed by atoms with Gasteiger partial charge in [0, 0.05) is 17.5 Å². The number of hydrogen-bond acceptors (Lipinski definition) is 5. The van der Waals surface area contributed by atoms with E-state index < -0.39 is 0 Å². The molecule has 0 bridgehead atoms. The molecule has 0 aliphatic heterocycles. The van der Waals surface area contributed by atoms with Crippen molar-refractivity contribution in [3.63, 3.8) is 0 Å². The van der Waals surface area contributed by atoms with Gasteiger partial charge in [0.15, 0.2) is 5.78 Å². The molecule has 29 heavy (non-hydrogen) atoms. The van der Waals surface area contributed by atoms with Crippen LogP contribution in [0.4, 0.5) is 0 Å². The van der Waals surface area contributed by atoms with Gasteiger partial charge in [-0.1, -0.05) is 30.3 Å². The van der Waals surface area contributed by atoms with E-state index >= 15 is 0 Å². The van der Waals surface area contributed by atoms with Gasteiger partial charge >= 0.3 is 5.97 Å². The molecule has 148 valence electrons. The molecular formula is C24H22O5. The van der Waals surface area contributed by atoms with Gasteiger partial charge in [-0.05, 0) is 60.0 Å². The lowest BCUT2D eigenvalue weighted by Gasteiger charge is -2.09. The number of phenolic OH excluding ortho intramolecular Hbond substituents is 1. The number of aromatic hydroxyl groups is 1. The molecule has 0 aromatic heterocycles. The van der Waals surface area contributed by atoms with Crippen molar-refractivity contribution in [3.8, 4) is 11.5 Å². The van der Waals surface area contributed by atoms with Crippen molar-refractivity contribution in [2.75, 3.05) is 7.11 Å². The fourth-order valence-electron chi connectivity index (χ4n) is 2.88. The van der Waals surface area contributed by atoms with Crippen molar-refractivity contribution in [1.82, 2.24) is 0 Å². The van der Waals surface area contributed by atoms with Gasteiger partial charge in [-0.3, -0.25) is 9.59 Å². The molecule has 0 aliphatic carbocycles. The Bertz CT molecular complexity index is 978. The van der Waals surface area contributed by atoms with Crippen LogP contribution in [0, 0.1) is 0 Å². The van der Waals surface area contributed by atoms with Gasteiger partial charge in [0.05, 0.1) is 7.11 Å². The van der Waals surface area contributed by atoms with Crippen molar-refractivity contribution in [2.24, 2.45) is 0 Å². The maximum atomic E-state index is 12.8. The van der Waals surface area contributed by atoms with Gasteiger partial charge in [0.1, 0.15) is 18.1 Å². The normalized spacial score (nSPS) is 10.4. The van der Waals surface area contributed by atoms with Crippen LogP contribution in [0.25, 0.3) is 0 Å². The van der Waals surface area contributed by atoms with Crippen molar-refractivity contribution >= 4 is 11.8 Å². The topological polar surface area (TPSA) is 72.8 Å². The Morgan fingerprint density at radius 3 is 2.28 bits per heavy atom. The standard InChI is InChI=1S/C24H22O5/c1-28-23(26)14-10-19-15-20(9-13-22(19)25)24(27)18-7-11-21(12-8-18)29-16-17-5-3-2-4-6-17/h2-9,11-13,15,25H,10,14,16H2,1H3. The fourth-order valence-corrected chi connectivity index (χ4v) is 2.88. The summed E-state index contributed by atoms with van der Waals surface area (Å²) in [5.74, 6) is 0.191. The number of carbonyl (C=O) groups excluding carboxylic acids is 2. The Kier molecular flexibility index (Phi) is 6.63. The first-order valence-electron chi connectivity index (χ1n) is 9.27. The van der Waals surface area contributed by atoms with Gasteiger partial charge in [-0.25, -0.2) is 0 Å². The lowest BCUT2D eigenvalue weighted by atomic mass is 9.99. The average molecular weight is 390 g/mol. The maximum Gasteiger partial charge on any atom is 0.305 e. The molecule has 0 atom stereocenters. The Morgan fingerprint density at radius 2 is 1.59 bits per heavy atom. The summed E-state index contributed by atoms with van der Waals surface area (Å²) >= 11 is 0. The molecule has 5 nitrogen and oxygen atoms in total. The lowest BCUT2D eigenvalue weighted by Crippen LogP contribution is -2.05. The van der Waals surface area contributed by atoms with Crippen molar-refractivity contribution in [3.05, 3.63) is 95.1 Å². The quantitative estimate of drug-likeness (QED) is 0.458. The molecule has 3 rings (SSSR count). The van der Waals surface area contributed by atoms with Crippen LogP contribution < -0.4 is 4.74 Å². The smallest absolute Gasteiger partial charge is 0.305 e. The average Bonchev–Trinajstić information content (AvgIpc) is 2.77. The molecule has 3 aromatic rings. The number of benzene rings is 3. The summed E-state index contributed by atoms with van der Waals surface area (Å²) in [4.78, 5) is 24.1. The first-order chi connectivity index (χ1) is 14.1. The summed E-state index contributed by atoms with van der Waals surface area (Å²) in [5, 5.41) is 9.98. The monoisotopic (exact) mass is 390 g/mol. The second kappa shape index (κ2) is 9.55. The predicted molar refractivity (Wildman–Crippen MR) is 109 cm³/mol. The Morgan fingerprint density at radius 1 is 0.897 bits per heavy atom. The number of rotatable bonds is 8. The van der Waals surface area contributed by atoms with E-state index in [4.69, 9.17) is 4.74 Å². The number of hydrogen-bond donors (Lipinski definition) is 1. The summed E-state index contributed by atoms with van der Waals surface area (Å²) in [6.45, 7) is 0.454. The van der Waals surface area contributed by atoms with Crippen LogP contribution in [0.5, 0.6) is 11.5 Å². The van der Waals surface area contributed by atoms with Crippen LogP contribution in [-0.2, 0) is 22.6 Å². The third-order valence-electron chi connectivity index (χ3n) is 4.53. The van der Waals surface area contributed by atoms with Crippen molar-refractivity contribution in [1.29, 1.82) is 0 Å². The molecule has 0 unspecified atom stereocenters. The largest absolute Gasteiger partial charge is 0.508 e. The fraction of sp³-hybridized carbons (Fsp3) is 0.167. The van der Waals surface area contributed by atoms with E-state index in [0.717, 1.165) is 5.56 Å². The molecule has 0 spiro atoms. The van der Waals surface area contributed by atoms with E-state index in [1.165, 1.54) is 13.2 Å². The highest BCUT2D eigenvalue weighted by atomic mass is 16.5. The van der Waals surface area contributed by atoms with Crippen LogP contribution in [0.3, 0.4) is 0 Å². The molecular weight excluding hydrogens is 368 g/mol. The van der Waals surface area contributed by atoms with E-state index in [1.807, 2.05) is 30.3 Å². The Balaban J connectivity index is 1.67. The predicted octanol–water partition coefficient (Wildman–Crippen LogP) is 4.31. The number of carbonyl (C=O) groups is 2. The van der Waals surface area contributed by atoms with Crippen LogP contribution >= 0.6 is 0 Å². The molecule has 0 heterocycles. The summed E-state index contributed by atoms with van der Waals surface area (Å²) in [6, 6.07) is 21.4. The van der Waals surface area contributed by atoms with E-state index in [1.54, 1.807) is 36.4 Å². The first kappa shape index (κ1) is 20.1. The van der Waals surface area contributed by atoms with E-state index in [9.17, 15) is 14.7 Å². The number of methoxy groups -OCH3 is 1. The number of aryl methyl sites for hydroxylation is 1. The zero-order valence-corrected chi connectivity index (χ0v) is 16.1. The molecule has 0 fully saturated rings. The van der Waals surface area contributed by atoms with Crippen molar-refractivity contribution < 1.29 is 24.2 Å². The zero-order valence-electron chi connectivity index (χ0n) is 16.1.